The highest BCUT2D eigenvalue weighted by molar-refractivity contribution is 7.91. The van der Waals surface area contributed by atoms with Crippen LogP contribution in [0.2, 0.25) is 0 Å². The minimum Gasteiger partial charge on any atom is -0.444 e. The third-order valence-electron chi connectivity index (χ3n) is 3.68. The molecule has 1 atom stereocenters. The van der Waals surface area contributed by atoms with Crippen LogP contribution in [0.3, 0.4) is 0 Å². The number of hydrogen-bond donors (Lipinski definition) is 0. The van der Waals surface area contributed by atoms with Crippen LogP contribution in [-0.2, 0) is 14.6 Å². The van der Waals surface area contributed by atoms with Gasteiger partial charge < -0.3 is 9.64 Å². The van der Waals surface area contributed by atoms with Gasteiger partial charge in [0, 0.05) is 19.0 Å². The summed E-state index contributed by atoms with van der Waals surface area (Å²) >= 11 is 0. The van der Waals surface area contributed by atoms with Gasteiger partial charge in [-0.25, -0.2) is 13.2 Å². The number of halogens is 3. The zero-order chi connectivity index (χ0) is 18.6. The number of rotatable bonds is 6. The van der Waals surface area contributed by atoms with Crippen LogP contribution < -0.4 is 0 Å². The van der Waals surface area contributed by atoms with Gasteiger partial charge in [-0.2, -0.15) is 13.2 Å². The van der Waals surface area contributed by atoms with Gasteiger partial charge in [0.25, 0.3) is 0 Å². The predicted octanol–water partition coefficient (Wildman–Crippen LogP) is 3.53. The highest BCUT2D eigenvalue weighted by Crippen LogP contribution is 2.24. The number of likely N-dealkylation sites (tertiary alicyclic amines) is 1. The molecule has 1 fully saturated rings. The maximum atomic E-state index is 12.1. The molecular weight excluding hydrogens is 347 g/mol. The van der Waals surface area contributed by atoms with Crippen molar-refractivity contribution in [3.63, 3.8) is 0 Å². The number of sulfone groups is 1. The van der Waals surface area contributed by atoms with Crippen molar-refractivity contribution in [2.75, 3.05) is 18.1 Å². The average Bonchev–Trinajstić information content (AvgIpc) is 2.80. The third kappa shape index (κ3) is 8.21. The molecular formula is C15H26F3NO4S. The van der Waals surface area contributed by atoms with E-state index in [2.05, 4.69) is 0 Å². The predicted molar refractivity (Wildman–Crippen MR) is 84.5 cm³/mol. The van der Waals surface area contributed by atoms with Crippen molar-refractivity contribution in [1.29, 1.82) is 0 Å². The van der Waals surface area contributed by atoms with Crippen molar-refractivity contribution in [3.8, 4) is 0 Å². The minimum absolute atomic E-state index is 0.213. The van der Waals surface area contributed by atoms with Crippen molar-refractivity contribution in [1.82, 2.24) is 4.90 Å². The molecule has 1 aliphatic rings. The molecule has 0 aliphatic carbocycles. The van der Waals surface area contributed by atoms with Gasteiger partial charge in [-0.15, -0.1) is 0 Å². The Morgan fingerprint density at radius 3 is 2.38 bits per heavy atom. The topological polar surface area (TPSA) is 63.7 Å². The highest BCUT2D eigenvalue weighted by Gasteiger charge is 2.33. The van der Waals surface area contributed by atoms with Gasteiger partial charge in [-0.1, -0.05) is 0 Å². The first kappa shape index (κ1) is 21.1. The van der Waals surface area contributed by atoms with Crippen LogP contribution in [0.1, 0.15) is 52.9 Å². The van der Waals surface area contributed by atoms with E-state index < -0.39 is 46.3 Å². The van der Waals surface area contributed by atoms with Crippen molar-refractivity contribution in [2.24, 2.45) is 0 Å². The Morgan fingerprint density at radius 2 is 1.83 bits per heavy atom. The van der Waals surface area contributed by atoms with Crippen molar-refractivity contribution < 1.29 is 31.1 Å². The van der Waals surface area contributed by atoms with Gasteiger partial charge in [-0.05, 0) is 46.5 Å². The molecule has 5 nitrogen and oxygen atoms in total. The van der Waals surface area contributed by atoms with E-state index in [1.165, 1.54) is 4.90 Å². The standard InChI is InChI=1S/C15H26F3NO4S/c1-14(2,3)23-13(20)19-9-4-6-12(19)7-11-24(21,22)10-5-8-15(16,17)18/h12H,4-11H2,1-3H3/t12-/m1/s1. The maximum Gasteiger partial charge on any atom is 0.410 e. The Kier molecular flexibility index (Phi) is 6.95. The average molecular weight is 373 g/mol. The van der Waals surface area contributed by atoms with E-state index in [0.717, 1.165) is 6.42 Å². The molecule has 142 valence electrons. The number of nitrogens with zero attached hydrogens (tertiary/aromatic N) is 1. The second-order valence-electron chi connectivity index (χ2n) is 7.13. The lowest BCUT2D eigenvalue weighted by molar-refractivity contribution is -0.134. The number of amides is 1. The van der Waals surface area contributed by atoms with Crippen molar-refractivity contribution >= 4 is 15.9 Å². The second kappa shape index (κ2) is 7.93. The van der Waals surface area contributed by atoms with E-state index in [1.54, 1.807) is 20.8 Å². The van der Waals surface area contributed by atoms with Crippen LogP contribution in [0.15, 0.2) is 0 Å². The van der Waals surface area contributed by atoms with Crippen molar-refractivity contribution in [3.05, 3.63) is 0 Å². The molecule has 1 aliphatic heterocycles. The Labute approximate surface area is 141 Å². The number of carbonyl (C=O) groups is 1. The van der Waals surface area contributed by atoms with E-state index in [1.807, 2.05) is 0 Å². The molecule has 1 heterocycles. The van der Waals surface area contributed by atoms with Gasteiger partial charge in [0.05, 0.1) is 11.5 Å². The summed E-state index contributed by atoms with van der Waals surface area (Å²) in [6.45, 7) is 5.76. The molecule has 9 heteroatoms. The van der Waals surface area contributed by atoms with Gasteiger partial charge in [0.2, 0.25) is 0 Å². The fraction of sp³-hybridized carbons (Fsp3) is 0.933. The molecule has 1 saturated heterocycles. The summed E-state index contributed by atoms with van der Waals surface area (Å²) in [7, 11) is -3.55. The molecule has 0 aromatic rings. The van der Waals surface area contributed by atoms with Crippen LogP contribution in [0.25, 0.3) is 0 Å². The number of hydrogen-bond acceptors (Lipinski definition) is 4. The molecule has 0 unspecified atom stereocenters. The quantitative estimate of drug-likeness (QED) is 0.714. The minimum atomic E-state index is -4.34. The molecule has 0 aromatic carbocycles. The molecule has 0 spiro atoms. The van der Waals surface area contributed by atoms with Crippen LogP contribution in [0, 0.1) is 0 Å². The molecule has 1 amide bonds. The fourth-order valence-corrected chi connectivity index (χ4v) is 4.03. The monoisotopic (exact) mass is 373 g/mol. The van der Waals surface area contributed by atoms with Gasteiger partial charge >= 0.3 is 12.3 Å². The van der Waals surface area contributed by atoms with Crippen LogP contribution >= 0.6 is 0 Å². The van der Waals surface area contributed by atoms with E-state index >= 15 is 0 Å². The third-order valence-corrected chi connectivity index (χ3v) is 5.45. The highest BCUT2D eigenvalue weighted by atomic mass is 32.2. The summed E-state index contributed by atoms with van der Waals surface area (Å²) in [6.07, 6.45) is -4.66. The first-order valence-corrected chi connectivity index (χ1v) is 9.88. The normalized spacial score (nSPS) is 19.6. The second-order valence-corrected chi connectivity index (χ2v) is 9.43. The number of alkyl halides is 3. The molecule has 1 rings (SSSR count). The SMILES string of the molecule is CC(C)(C)OC(=O)N1CCC[C@@H]1CCS(=O)(=O)CCCC(F)(F)F. The smallest absolute Gasteiger partial charge is 0.410 e. The number of carbonyl (C=O) groups excluding carboxylic acids is 1. The summed E-state index contributed by atoms with van der Waals surface area (Å²) < 4.78 is 65.3. The molecule has 24 heavy (non-hydrogen) atoms. The summed E-state index contributed by atoms with van der Waals surface area (Å²) in [5.74, 6) is -0.694. The van der Waals surface area contributed by atoms with Gasteiger partial charge in [-0.3, -0.25) is 0 Å². The lowest BCUT2D eigenvalue weighted by atomic mass is 10.2. The fourth-order valence-electron chi connectivity index (χ4n) is 2.61. The van der Waals surface area contributed by atoms with E-state index in [9.17, 15) is 26.4 Å². The Hall–Kier alpha value is -0.990. The Morgan fingerprint density at radius 1 is 1.21 bits per heavy atom. The Bertz CT molecular complexity index is 526. The molecule has 0 N–H and O–H groups in total. The van der Waals surface area contributed by atoms with Crippen LogP contribution in [0.4, 0.5) is 18.0 Å². The lowest BCUT2D eigenvalue weighted by Gasteiger charge is -2.28. The van der Waals surface area contributed by atoms with Gasteiger partial charge in [0.15, 0.2) is 0 Å². The summed E-state index contributed by atoms with van der Waals surface area (Å²) in [5, 5.41) is 0. The Balaban J connectivity index is 2.48. The first-order chi connectivity index (χ1) is 10.8. The van der Waals surface area contributed by atoms with Crippen LogP contribution in [-0.4, -0.2) is 55.3 Å². The molecule has 0 aromatic heterocycles. The first-order valence-electron chi connectivity index (χ1n) is 8.06. The number of ether oxygens (including phenoxy) is 1. The van der Waals surface area contributed by atoms with E-state index in [0.29, 0.717) is 13.0 Å². The zero-order valence-electron chi connectivity index (χ0n) is 14.4. The van der Waals surface area contributed by atoms with E-state index in [-0.39, 0.29) is 18.2 Å². The van der Waals surface area contributed by atoms with E-state index in [4.69, 9.17) is 4.74 Å². The molecule has 0 radical (unpaired) electrons. The summed E-state index contributed by atoms with van der Waals surface area (Å²) in [4.78, 5) is 13.6. The summed E-state index contributed by atoms with van der Waals surface area (Å²) in [5.41, 5.74) is -0.631. The maximum absolute atomic E-state index is 12.1. The van der Waals surface area contributed by atoms with Gasteiger partial charge in [0.1, 0.15) is 15.4 Å². The largest absolute Gasteiger partial charge is 0.444 e. The molecule has 0 saturated carbocycles. The van der Waals surface area contributed by atoms with Crippen LogP contribution in [0.5, 0.6) is 0 Å². The molecule has 0 bridgehead atoms. The van der Waals surface area contributed by atoms with Crippen molar-refractivity contribution in [2.45, 2.75) is 70.7 Å². The lowest BCUT2D eigenvalue weighted by Crippen LogP contribution is -2.40. The zero-order valence-corrected chi connectivity index (χ0v) is 15.2. The summed E-state index contributed by atoms with van der Waals surface area (Å²) in [6, 6.07) is -0.239.